The molecule has 1 unspecified atom stereocenters. The van der Waals surface area contributed by atoms with Crippen LogP contribution in [-0.4, -0.2) is 61.1 Å². The second-order valence-corrected chi connectivity index (χ2v) is 8.14. The van der Waals surface area contributed by atoms with Crippen LogP contribution >= 0.6 is 11.3 Å². The summed E-state index contributed by atoms with van der Waals surface area (Å²) in [5.74, 6) is -0.586. The molecule has 0 bridgehead atoms. The maximum absolute atomic E-state index is 13.5. The number of thiazole rings is 1. The van der Waals surface area contributed by atoms with Crippen LogP contribution in [0, 0.1) is 12.7 Å². The van der Waals surface area contributed by atoms with E-state index in [9.17, 15) is 14.0 Å². The number of carbonyl (C=O) groups is 2. The molecule has 10 nitrogen and oxygen atoms in total. The number of nitrogens with one attached hydrogen (secondary N) is 2. The summed E-state index contributed by atoms with van der Waals surface area (Å²) in [4.78, 5) is 42.2. The molecule has 1 aliphatic heterocycles. The third-order valence-corrected chi connectivity index (χ3v) is 5.60. The highest BCUT2D eigenvalue weighted by atomic mass is 32.1. The fourth-order valence-corrected chi connectivity index (χ4v) is 3.98. The molecule has 4 heterocycles. The first-order valence-corrected chi connectivity index (χ1v) is 9.92. The van der Waals surface area contributed by atoms with Gasteiger partial charge in [0.05, 0.1) is 23.3 Å². The van der Waals surface area contributed by atoms with Crippen molar-refractivity contribution in [3.8, 4) is 0 Å². The summed E-state index contributed by atoms with van der Waals surface area (Å²) in [5, 5.41) is 14.9. The number of anilines is 1. The zero-order chi connectivity index (χ0) is 21.4. The molecule has 4 rings (SSSR count). The van der Waals surface area contributed by atoms with Gasteiger partial charge in [-0.15, -0.1) is 11.3 Å². The fourth-order valence-electron chi connectivity index (χ4n) is 3.14. The average Bonchev–Trinajstić information content (AvgIpc) is 3.03. The summed E-state index contributed by atoms with van der Waals surface area (Å²) < 4.78 is 14.0. The van der Waals surface area contributed by atoms with Crippen molar-refractivity contribution in [3.63, 3.8) is 0 Å². The van der Waals surface area contributed by atoms with Crippen LogP contribution in [0.1, 0.15) is 34.0 Å². The first kappa shape index (κ1) is 19.9. The Hall–Kier alpha value is -3.41. The molecule has 1 aliphatic rings. The van der Waals surface area contributed by atoms with Crippen LogP contribution in [-0.2, 0) is 0 Å². The van der Waals surface area contributed by atoms with Crippen molar-refractivity contribution in [3.05, 3.63) is 40.5 Å². The molecule has 1 fully saturated rings. The molecule has 3 N–H and O–H groups in total. The molecule has 0 radical (unpaired) electrons. The van der Waals surface area contributed by atoms with E-state index in [0.29, 0.717) is 15.9 Å². The van der Waals surface area contributed by atoms with Crippen LogP contribution in [0.3, 0.4) is 0 Å². The predicted octanol–water partition coefficient (Wildman–Crippen LogP) is 2.19. The Morgan fingerprint density at radius 3 is 2.77 bits per heavy atom. The largest absolute Gasteiger partial charge is 0.465 e. The third kappa shape index (κ3) is 3.99. The second-order valence-electron chi connectivity index (χ2n) is 6.94. The van der Waals surface area contributed by atoms with Crippen LogP contribution in [0.25, 0.3) is 10.3 Å². The molecule has 2 amide bonds. The van der Waals surface area contributed by atoms with Gasteiger partial charge in [-0.2, -0.15) is 4.98 Å². The van der Waals surface area contributed by atoms with E-state index >= 15 is 0 Å². The summed E-state index contributed by atoms with van der Waals surface area (Å²) in [6, 6.07) is 0.698. The number of hydrogen-bond acceptors (Lipinski definition) is 8. The van der Waals surface area contributed by atoms with Crippen molar-refractivity contribution in [1.82, 2.24) is 30.2 Å². The zero-order valence-corrected chi connectivity index (χ0v) is 16.9. The number of aryl methyl sites for hydroxylation is 1. The minimum atomic E-state index is -1.12. The number of carboxylic acid groups (broad SMARTS) is 1. The van der Waals surface area contributed by atoms with Gasteiger partial charge >= 0.3 is 6.09 Å². The van der Waals surface area contributed by atoms with Gasteiger partial charge in [0.25, 0.3) is 5.91 Å². The SMILES string of the molecule is Cc1nc2nc(NC(C)c3cncc(F)c3)nc(C(=O)N3CC(NC(=O)O)C3)c2s1. The van der Waals surface area contributed by atoms with Gasteiger partial charge in [0.2, 0.25) is 5.95 Å². The molecule has 0 aliphatic carbocycles. The maximum atomic E-state index is 13.5. The number of halogens is 1. The number of nitrogens with zero attached hydrogens (tertiary/aromatic N) is 5. The van der Waals surface area contributed by atoms with Gasteiger partial charge in [-0.3, -0.25) is 9.78 Å². The van der Waals surface area contributed by atoms with Crippen LogP contribution in [0.5, 0.6) is 0 Å². The highest BCUT2D eigenvalue weighted by Crippen LogP contribution is 2.27. The first-order valence-electron chi connectivity index (χ1n) is 9.11. The van der Waals surface area contributed by atoms with Gasteiger partial charge in [-0.25, -0.2) is 19.2 Å². The first-order chi connectivity index (χ1) is 14.3. The van der Waals surface area contributed by atoms with Crippen LogP contribution in [0.4, 0.5) is 15.1 Å². The zero-order valence-electron chi connectivity index (χ0n) is 16.1. The van der Waals surface area contributed by atoms with Gasteiger partial charge in [0.15, 0.2) is 11.3 Å². The minimum Gasteiger partial charge on any atom is -0.465 e. The number of amides is 2. The molecule has 1 atom stereocenters. The van der Waals surface area contributed by atoms with Crippen molar-refractivity contribution in [1.29, 1.82) is 0 Å². The molecular weight excluding hydrogens is 413 g/mol. The molecule has 1 saturated heterocycles. The Morgan fingerprint density at radius 2 is 2.07 bits per heavy atom. The van der Waals surface area contributed by atoms with E-state index in [0.717, 1.165) is 11.2 Å². The van der Waals surface area contributed by atoms with E-state index in [4.69, 9.17) is 5.11 Å². The number of rotatable bonds is 5. The Labute approximate surface area is 174 Å². The summed E-state index contributed by atoms with van der Waals surface area (Å²) in [5.41, 5.74) is 1.20. The number of likely N-dealkylation sites (tertiary alicyclic amines) is 1. The second kappa shape index (κ2) is 7.78. The predicted molar refractivity (Wildman–Crippen MR) is 107 cm³/mol. The number of hydrogen-bond donors (Lipinski definition) is 3. The van der Waals surface area contributed by atoms with Crippen LogP contribution < -0.4 is 10.6 Å². The van der Waals surface area contributed by atoms with Crippen molar-refractivity contribution < 1.29 is 19.1 Å². The Bertz CT molecular complexity index is 1130. The lowest BCUT2D eigenvalue weighted by molar-refractivity contribution is 0.0561. The number of carbonyl (C=O) groups excluding carboxylic acids is 1. The molecule has 3 aromatic rings. The molecule has 0 aromatic carbocycles. The van der Waals surface area contributed by atoms with Gasteiger partial charge in [-0.1, -0.05) is 0 Å². The Balaban J connectivity index is 1.60. The summed E-state index contributed by atoms with van der Waals surface area (Å²) in [7, 11) is 0. The van der Waals surface area contributed by atoms with Gasteiger partial charge in [0, 0.05) is 19.3 Å². The van der Waals surface area contributed by atoms with Gasteiger partial charge in [-0.05, 0) is 25.5 Å². The molecule has 0 saturated carbocycles. The minimum absolute atomic E-state index is 0.189. The molecule has 12 heteroatoms. The van der Waals surface area contributed by atoms with Gasteiger partial charge in [0.1, 0.15) is 10.5 Å². The molecule has 30 heavy (non-hydrogen) atoms. The number of fused-ring (bicyclic) bond motifs is 1. The highest BCUT2D eigenvalue weighted by Gasteiger charge is 2.34. The topological polar surface area (TPSA) is 133 Å². The summed E-state index contributed by atoms with van der Waals surface area (Å²) >= 11 is 1.32. The fraction of sp³-hybridized carbons (Fsp3) is 0.333. The van der Waals surface area contributed by atoms with E-state index in [-0.39, 0.29) is 42.7 Å². The lowest BCUT2D eigenvalue weighted by Crippen LogP contribution is -2.60. The van der Waals surface area contributed by atoms with E-state index in [2.05, 4.69) is 30.6 Å². The normalized spacial score (nSPS) is 15.0. The standard InChI is InChI=1S/C18H18FN7O3S/c1-8(10-3-11(19)5-20-4-10)21-17-24-13(14-15(25-17)22-9(2)30-14)16(27)26-6-12(7-26)23-18(28)29/h3-5,8,12,23H,6-7H2,1-2H3,(H,28,29)(H,21,24,25). The van der Waals surface area contributed by atoms with Gasteiger partial charge < -0.3 is 20.6 Å². The highest BCUT2D eigenvalue weighted by molar-refractivity contribution is 7.18. The molecule has 3 aromatic heterocycles. The van der Waals surface area contributed by atoms with E-state index < -0.39 is 11.9 Å². The van der Waals surface area contributed by atoms with Crippen molar-refractivity contribution in [2.24, 2.45) is 0 Å². The van der Waals surface area contributed by atoms with Crippen LogP contribution in [0.15, 0.2) is 18.5 Å². The Morgan fingerprint density at radius 1 is 1.30 bits per heavy atom. The van der Waals surface area contributed by atoms with E-state index in [1.807, 2.05) is 6.92 Å². The van der Waals surface area contributed by atoms with Crippen molar-refractivity contribution >= 4 is 39.6 Å². The van der Waals surface area contributed by atoms with Crippen LogP contribution in [0.2, 0.25) is 0 Å². The molecule has 0 spiro atoms. The molecule has 156 valence electrons. The summed E-state index contributed by atoms with van der Waals surface area (Å²) in [6.45, 7) is 4.14. The Kier molecular flexibility index (Phi) is 5.16. The quantitative estimate of drug-likeness (QED) is 0.560. The number of pyridine rings is 1. The third-order valence-electron chi connectivity index (χ3n) is 4.63. The van der Waals surface area contributed by atoms with E-state index in [1.165, 1.54) is 28.5 Å². The number of aromatic nitrogens is 4. The van der Waals surface area contributed by atoms with E-state index in [1.54, 1.807) is 6.92 Å². The van der Waals surface area contributed by atoms with Crippen molar-refractivity contribution in [2.45, 2.75) is 25.9 Å². The monoisotopic (exact) mass is 431 g/mol. The maximum Gasteiger partial charge on any atom is 0.405 e. The molecular formula is C18H18FN7O3S. The van der Waals surface area contributed by atoms with Crippen molar-refractivity contribution in [2.75, 3.05) is 18.4 Å². The lowest BCUT2D eigenvalue weighted by atomic mass is 10.1. The summed E-state index contributed by atoms with van der Waals surface area (Å²) in [6.07, 6.45) is 1.53. The lowest BCUT2D eigenvalue weighted by Gasteiger charge is -2.38. The average molecular weight is 431 g/mol. The smallest absolute Gasteiger partial charge is 0.405 e.